The van der Waals surface area contributed by atoms with E-state index in [2.05, 4.69) is 50.2 Å². The van der Waals surface area contributed by atoms with Gasteiger partial charge in [-0.15, -0.1) is 0 Å². The molecule has 0 aliphatic carbocycles. The van der Waals surface area contributed by atoms with E-state index in [1.165, 1.54) is 28.3 Å². The van der Waals surface area contributed by atoms with Gasteiger partial charge in [-0.1, -0.05) is 49.7 Å². The van der Waals surface area contributed by atoms with E-state index in [-0.39, 0.29) is 0 Å². The van der Waals surface area contributed by atoms with E-state index in [9.17, 15) is 0 Å². The smallest absolute Gasteiger partial charge is 0.0149 e. The third-order valence-electron chi connectivity index (χ3n) is 2.91. The zero-order valence-electron chi connectivity index (χ0n) is 9.29. The predicted octanol–water partition coefficient (Wildman–Crippen LogP) is 4.17. The number of benzene rings is 2. The molecule has 0 heterocycles. The van der Waals surface area contributed by atoms with Gasteiger partial charge in [-0.05, 0) is 41.7 Å². The van der Waals surface area contributed by atoms with Crippen molar-refractivity contribution in [2.75, 3.05) is 0 Å². The molecule has 0 aliphatic rings. The van der Waals surface area contributed by atoms with Gasteiger partial charge in [-0.3, -0.25) is 0 Å². The average molecular weight is 197 g/mol. The highest BCUT2D eigenvalue weighted by atomic mass is 14.1. The summed E-state index contributed by atoms with van der Waals surface area (Å²) in [6, 6.07) is 13.1. The molecule has 0 saturated carbocycles. The van der Waals surface area contributed by atoms with Crippen molar-refractivity contribution in [3.8, 4) is 0 Å². The number of rotatable bonds is 3. The summed E-state index contributed by atoms with van der Waals surface area (Å²) in [5, 5.41) is 2.70. The molecule has 2 aromatic rings. The van der Waals surface area contributed by atoms with Crippen molar-refractivity contribution >= 4 is 10.8 Å². The molecule has 0 fully saturated rings. The molecule has 77 valence electrons. The van der Waals surface area contributed by atoms with Gasteiger partial charge in [0.15, 0.2) is 0 Å². The Morgan fingerprint density at radius 3 is 2.60 bits per heavy atom. The Labute approximate surface area is 91.9 Å². The first-order valence-electron chi connectivity index (χ1n) is 5.65. The fourth-order valence-electron chi connectivity index (χ4n) is 2.18. The summed E-state index contributed by atoms with van der Waals surface area (Å²) in [6.07, 6.45) is 3.25. The highest BCUT2D eigenvalue weighted by Crippen LogP contribution is 2.23. The van der Waals surface area contributed by atoms with Crippen molar-refractivity contribution in [2.45, 2.75) is 26.2 Å². The second-order valence-corrected chi connectivity index (χ2v) is 3.92. The van der Waals surface area contributed by atoms with Crippen LogP contribution >= 0.6 is 0 Å². The van der Waals surface area contributed by atoms with Crippen molar-refractivity contribution in [3.63, 3.8) is 0 Å². The van der Waals surface area contributed by atoms with Gasteiger partial charge in [0.1, 0.15) is 0 Å². The summed E-state index contributed by atoms with van der Waals surface area (Å²) in [4.78, 5) is 0. The number of hydrogen-bond donors (Lipinski definition) is 0. The Kier molecular flexibility index (Phi) is 3.05. The van der Waals surface area contributed by atoms with Crippen molar-refractivity contribution < 1.29 is 0 Å². The van der Waals surface area contributed by atoms with E-state index in [0.717, 1.165) is 12.8 Å². The molecule has 0 aromatic heterocycles. The Hall–Kier alpha value is -1.30. The van der Waals surface area contributed by atoms with Crippen LogP contribution in [0.5, 0.6) is 0 Å². The lowest BCUT2D eigenvalue weighted by atomic mass is 9.95. The first kappa shape index (κ1) is 10.2. The zero-order chi connectivity index (χ0) is 10.7. The topological polar surface area (TPSA) is 0 Å². The molecule has 0 aliphatic heterocycles. The van der Waals surface area contributed by atoms with Crippen LogP contribution in [0.25, 0.3) is 10.8 Å². The molecule has 1 radical (unpaired) electrons. The third kappa shape index (κ3) is 1.90. The number of hydrogen-bond acceptors (Lipinski definition) is 0. The molecule has 0 atom stereocenters. The summed E-state index contributed by atoms with van der Waals surface area (Å²) in [5.74, 6) is 0. The SMILES string of the molecule is [CH2]Cc1c(CCC)ccc2ccccc12. The van der Waals surface area contributed by atoms with Crippen LogP contribution in [-0.4, -0.2) is 0 Å². The van der Waals surface area contributed by atoms with E-state index in [1.807, 2.05) is 0 Å². The van der Waals surface area contributed by atoms with Crippen LogP contribution in [0.1, 0.15) is 24.5 Å². The van der Waals surface area contributed by atoms with E-state index >= 15 is 0 Å². The molecule has 0 saturated heterocycles. The summed E-state index contributed by atoms with van der Waals surface area (Å²) >= 11 is 0. The van der Waals surface area contributed by atoms with Gasteiger partial charge < -0.3 is 0 Å². The van der Waals surface area contributed by atoms with E-state index < -0.39 is 0 Å². The molecule has 0 unspecified atom stereocenters. The highest BCUT2D eigenvalue weighted by molar-refractivity contribution is 5.86. The summed E-state index contributed by atoms with van der Waals surface area (Å²) in [7, 11) is 0. The lowest BCUT2D eigenvalue weighted by Gasteiger charge is -2.10. The van der Waals surface area contributed by atoms with Gasteiger partial charge in [-0.2, -0.15) is 0 Å². The minimum absolute atomic E-state index is 0.886. The summed E-state index contributed by atoms with van der Waals surface area (Å²) < 4.78 is 0. The predicted molar refractivity (Wildman–Crippen MR) is 67.0 cm³/mol. The van der Waals surface area contributed by atoms with Crippen LogP contribution in [0, 0.1) is 6.92 Å². The Morgan fingerprint density at radius 2 is 1.87 bits per heavy atom. The first-order chi connectivity index (χ1) is 7.36. The van der Waals surface area contributed by atoms with E-state index in [1.54, 1.807) is 0 Å². The molecular weight excluding hydrogens is 180 g/mol. The largest absolute Gasteiger partial charge is 0.0651 e. The van der Waals surface area contributed by atoms with Crippen LogP contribution in [0.2, 0.25) is 0 Å². The molecule has 0 bridgehead atoms. The summed E-state index contributed by atoms with van der Waals surface area (Å²) in [5.41, 5.74) is 2.89. The first-order valence-corrected chi connectivity index (χ1v) is 5.65. The minimum atomic E-state index is 0.886. The fourth-order valence-corrected chi connectivity index (χ4v) is 2.18. The Balaban J connectivity index is 2.64. The maximum Gasteiger partial charge on any atom is -0.0149 e. The van der Waals surface area contributed by atoms with Crippen molar-refractivity contribution in [3.05, 3.63) is 54.4 Å². The van der Waals surface area contributed by atoms with Crippen LogP contribution in [0.15, 0.2) is 36.4 Å². The van der Waals surface area contributed by atoms with Gasteiger partial charge in [0.05, 0.1) is 0 Å². The molecular formula is C15H17. The molecule has 0 amide bonds. The Morgan fingerprint density at radius 1 is 1.07 bits per heavy atom. The molecule has 0 heteroatoms. The quantitative estimate of drug-likeness (QED) is 0.692. The average Bonchev–Trinajstić information content (AvgIpc) is 2.29. The van der Waals surface area contributed by atoms with Crippen molar-refractivity contribution in [1.29, 1.82) is 0 Å². The van der Waals surface area contributed by atoms with Gasteiger partial charge in [0, 0.05) is 0 Å². The lowest BCUT2D eigenvalue weighted by Crippen LogP contribution is -1.93. The van der Waals surface area contributed by atoms with Crippen molar-refractivity contribution in [2.24, 2.45) is 0 Å². The minimum Gasteiger partial charge on any atom is -0.0651 e. The van der Waals surface area contributed by atoms with E-state index in [4.69, 9.17) is 0 Å². The Bertz CT molecular complexity index is 455. The lowest BCUT2D eigenvalue weighted by molar-refractivity contribution is 0.910. The van der Waals surface area contributed by atoms with Crippen LogP contribution in [-0.2, 0) is 12.8 Å². The number of aryl methyl sites for hydroxylation is 1. The van der Waals surface area contributed by atoms with Crippen LogP contribution in [0.4, 0.5) is 0 Å². The van der Waals surface area contributed by atoms with Gasteiger partial charge in [0.2, 0.25) is 0 Å². The number of fused-ring (bicyclic) bond motifs is 1. The molecule has 0 spiro atoms. The van der Waals surface area contributed by atoms with Crippen LogP contribution in [0.3, 0.4) is 0 Å². The normalized spacial score (nSPS) is 10.8. The van der Waals surface area contributed by atoms with Gasteiger partial charge in [-0.25, -0.2) is 0 Å². The van der Waals surface area contributed by atoms with Crippen molar-refractivity contribution in [1.82, 2.24) is 0 Å². The van der Waals surface area contributed by atoms with Crippen LogP contribution < -0.4 is 0 Å². The second-order valence-electron chi connectivity index (χ2n) is 3.92. The monoisotopic (exact) mass is 197 g/mol. The third-order valence-corrected chi connectivity index (χ3v) is 2.91. The maximum absolute atomic E-state index is 4.05. The zero-order valence-corrected chi connectivity index (χ0v) is 9.29. The maximum atomic E-state index is 4.05. The van der Waals surface area contributed by atoms with E-state index in [0.29, 0.717) is 0 Å². The summed E-state index contributed by atoms with van der Waals surface area (Å²) in [6.45, 7) is 6.27. The molecule has 15 heavy (non-hydrogen) atoms. The highest BCUT2D eigenvalue weighted by Gasteiger charge is 2.04. The molecule has 2 aromatic carbocycles. The molecule has 0 nitrogen and oxygen atoms in total. The standard InChI is InChI=1S/C15H17/c1-3-7-12-10-11-13-8-5-6-9-15(13)14(12)4-2/h5-6,8-11H,2-4,7H2,1H3. The fraction of sp³-hybridized carbons (Fsp3) is 0.267. The van der Waals surface area contributed by atoms with Gasteiger partial charge in [0.25, 0.3) is 0 Å². The molecule has 2 rings (SSSR count). The van der Waals surface area contributed by atoms with Gasteiger partial charge >= 0.3 is 0 Å². The molecule has 0 N–H and O–H groups in total. The second kappa shape index (κ2) is 4.48.